The maximum absolute atomic E-state index is 12.0. The summed E-state index contributed by atoms with van der Waals surface area (Å²) in [6, 6.07) is -0.168. The summed E-state index contributed by atoms with van der Waals surface area (Å²) in [7, 11) is 0. The number of hydrogen-bond acceptors (Lipinski definition) is 3. The van der Waals surface area contributed by atoms with E-state index in [0.717, 1.165) is 18.8 Å². The molecule has 0 spiro atoms. The molecule has 2 N–H and O–H groups in total. The number of H-pyrrole nitrogens is 1. The third-order valence-electron chi connectivity index (χ3n) is 2.26. The lowest BCUT2D eigenvalue weighted by Gasteiger charge is -2.18. The van der Waals surface area contributed by atoms with Gasteiger partial charge >= 0.3 is 6.18 Å². The first-order valence-electron chi connectivity index (χ1n) is 5.87. The Kier molecular flexibility index (Phi) is 6.14. The van der Waals surface area contributed by atoms with Crippen molar-refractivity contribution < 1.29 is 17.9 Å². The van der Waals surface area contributed by atoms with Gasteiger partial charge in [0.2, 0.25) is 0 Å². The molecule has 1 aromatic rings. The number of hydrogen-bond donors (Lipinski definition) is 2. The van der Waals surface area contributed by atoms with Crippen molar-refractivity contribution in [1.82, 2.24) is 15.3 Å². The van der Waals surface area contributed by atoms with Crippen LogP contribution in [0.5, 0.6) is 0 Å². The number of rotatable bonds is 8. The zero-order chi connectivity index (χ0) is 13.4. The van der Waals surface area contributed by atoms with Gasteiger partial charge in [-0.3, -0.25) is 0 Å². The molecule has 0 aliphatic carbocycles. The van der Waals surface area contributed by atoms with Gasteiger partial charge in [-0.1, -0.05) is 6.92 Å². The minimum atomic E-state index is -4.28. The van der Waals surface area contributed by atoms with Gasteiger partial charge in [-0.2, -0.15) is 13.2 Å². The summed E-state index contributed by atoms with van der Waals surface area (Å²) in [5, 5.41) is 3.14. The van der Waals surface area contributed by atoms with Crippen molar-refractivity contribution in [2.75, 3.05) is 19.8 Å². The maximum atomic E-state index is 12.0. The summed E-state index contributed by atoms with van der Waals surface area (Å²) >= 11 is 0. The van der Waals surface area contributed by atoms with Crippen LogP contribution in [0.3, 0.4) is 0 Å². The zero-order valence-electron chi connectivity index (χ0n) is 10.3. The molecule has 0 aliphatic rings. The van der Waals surface area contributed by atoms with E-state index in [4.69, 9.17) is 0 Å². The Labute approximate surface area is 104 Å². The molecule has 0 saturated carbocycles. The Bertz CT molecular complexity index is 314. The molecule has 1 aromatic heterocycles. The molecule has 1 rings (SSSR count). The molecule has 1 unspecified atom stereocenters. The molecule has 1 atom stereocenters. The summed E-state index contributed by atoms with van der Waals surface area (Å²) in [5.41, 5.74) is 0. The number of imidazole rings is 1. The summed E-state index contributed by atoms with van der Waals surface area (Å²) in [6.07, 6.45) is 0.449. The smallest absolute Gasteiger partial charge is 0.370 e. The number of ether oxygens (including phenoxy) is 1. The van der Waals surface area contributed by atoms with E-state index in [1.807, 2.05) is 6.92 Å². The van der Waals surface area contributed by atoms with Gasteiger partial charge < -0.3 is 15.0 Å². The first-order valence-corrected chi connectivity index (χ1v) is 5.87. The van der Waals surface area contributed by atoms with Crippen molar-refractivity contribution in [3.05, 3.63) is 18.2 Å². The summed E-state index contributed by atoms with van der Waals surface area (Å²) in [6.45, 7) is 1.53. The van der Waals surface area contributed by atoms with Crippen molar-refractivity contribution in [3.63, 3.8) is 0 Å². The first kappa shape index (κ1) is 15.0. The first-order chi connectivity index (χ1) is 8.51. The fraction of sp³-hybridized carbons (Fsp3) is 0.727. The Morgan fingerprint density at radius 3 is 2.83 bits per heavy atom. The van der Waals surface area contributed by atoms with E-state index in [-0.39, 0.29) is 12.6 Å². The molecule has 4 nitrogen and oxygen atoms in total. The minimum absolute atomic E-state index is 0.0141. The van der Waals surface area contributed by atoms with E-state index < -0.39 is 12.8 Å². The quantitative estimate of drug-likeness (QED) is 0.754. The molecular weight excluding hydrogens is 247 g/mol. The lowest BCUT2D eigenvalue weighted by Crippen LogP contribution is -2.37. The van der Waals surface area contributed by atoms with Crippen molar-refractivity contribution >= 4 is 0 Å². The van der Waals surface area contributed by atoms with Gasteiger partial charge in [-0.25, -0.2) is 4.98 Å². The Morgan fingerprint density at radius 1 is 1.50 bits per heavy atom. The normalized spacial score (nSPS) is 13.8. The topological polar surface area (TPSA) is 49.9 Å². The van der Waals surface area contributed by atoms with E-state index >= 15 is 0 Å². The summed E-state index contributed by atoms with van der Waals surface area (Å²) in [4.78, 5) is 6.97. The predicted octanol–water partition coefficient (Wildman–Crippen LogP) is 1.90. The van der Waals surface area contributed by atoms with Crippen LogP contribution >= 0.6 is 0 Å². The molecule has 18 heavy (non-hydrogen) atoms. The van der Waals surface area contributed by atoms with E-state index in [1.54, 1.807) is 12.4 Å². The third kappa shape index (κ3) is 6.61. The van der Waals surface area contributed by atoms with Crippen molar-refractivity contribution in [1.29, 1.82) is 0 Å². The number of aromatic amines is 1. The SMILES string of the molecule is CCCNC(COCC(F)(F)F)Cc1ncc[nH]1. The number of halogens is 3. The number of alkyl halides is 3. The molecule has 0 aliphatic heterocycles. The average molecular weight is 265 g/mol. The van der Waals surface area contributed by atoms with E-state index in [9.17, 15) is 13.2 Å². The van der Waals surface area contributed by atoms with Gasteiger partial charge in [-0.05, 0) is 13.0 Å². The third-order valence-corrected chi connectivity index (χ3v) is 2.26. The van der Waals surface area contributed by atoms with Crippen LogP contribution in [0.25, 0.3) is 0 Å². The highest BCUT2D eigenvalue weighted by Gasteiger charge is 2.28. The van der Waals surface area contributed by atoms with Crippen LogP contribution in [0.1, 0.15) is 19.2 Å². The molecule has 0 fully saturated rings. The second-order valence-electron chi connectivity index (χ2n) is 4.02. The molecule has 104 valence electrons. The van der Waals surface area contributed by atoms with Crippen LogP contribution in [0, 0.1) is 0 Å². The average Bonchev–Trinajstić information content (AvgIpc) is 2.76. The molecule has 0 radical (unpaired) electrons. The lowest BCUT2D eigenvalue weighted by atomic mass is 10.2. The molecule has 1 heterocycles. The van der Waals surface area contributed by atoms with Gasteiger partial charge in [0.05, 0.1) is 6.61 Å². The number of aromatic nitrogens is 2. The molecule has 7 heteroatoms. The highest BCUT2D eigenvalue weighted by atomic mass is 19.4. The Balaban J connectivity index is 2.35. The van der Waals surface area contributed by atoms with Gasteiger partial charge in [0.25, 0.3) is 0 Å². The van der Waals surface area contributed by atoms with Crippen LogP contribution in [-0.4, -0.2) is 41.9 Å². The second-order valence-corrected chi connectivity index (χ2v) is 4.02. The van der Waals surface area contributed by atoms with E-state index in [0.29, 0.717) is 6.42 Å². The molecule has 0 amide bonds. The van der Waals surface area contributed by atoms with Crippen LogP contribution in [0.4, 0.5) is 13.2 Å². The Morgan fingerprint density at radius 2 is 2.28 bits per heavy atom. The van der Waals surface area contributed by atoms with Gasteiger partial charge in [0.15, 0.2) is 0 Å². The van der Waals surface area contributed by atoms with E-state index in [1.165, 1.54) is 0 Å². The number of nitrogens with zero attached hydrogens (tertiary/aromatic N) is 1. The number of nitrogens with one attached hydrogen (secondary N) is 2. The standard InChI is InChI=1S/C11H18F3N3O/c1-2-3-15-9(6-10-16-4-5-17-10)7-18-8-11(12,13)14/h4-5,9,15H,2-3,6-8H2,1H3,(H,16,17). The highest BCUT2D eigenvalue weighted by Crippen LogP contribution is 2.14. The Hall–Kier alpha value is -1.08. The largest absolute Gasteiger partial charge is 0.411 e. The molecule has 0 bridgehead atoms. The van der Waals surface area contributed by atoms with Crippen LogP contribution in [0.2, 0.25) is 0 Å². The van der Waals surface area contributed by atoms with Gasteiger partial charge in [-0.15, -0.1) is 0 Å². The lowest BCUT2D eigenvalue weighted by molar-refractivity contribution is -0.175. The van der Waals surface area contributed by atoms with Crippen LogP contribution < -0.4 is 5.32 Å². The van der Waals surface area contributed by atoms with Crippen molar-refractivity contribution in [2.24, 2.45) is 0 Å². The van der Waals surface area contributed by atoms with Crippen LogP contribution in [-0.2, 0) is 11.2 Å². The zero-order valence-corrected chi connectivity index (χ0v) is 10.3. The summed E-state index contributed by atoms with van der Waals surface area (Å²) < 4.78 is 40.6. The monoisotopic (exact) mass is 265 g/mol. The van der Waals surface area contributed by atoms with Crippen molar-refractivity contribution in [3.8, 4) is 0 Å². The maximum Gasteiger partial charge on any atom is 0.411 e. The second kappa shape index (κ2) is 7.38. The van der Waals surface area contributed by atoms with Gasteiger partial charge in [0, 0.05) is 24.9 Å². The van der Waals surface area contributed by atoms with E-state index in [2.05, 4.69) is 20.0 Å². The molecule has 0 saturated heterocycles. The fourth-order valence-corrected chi connectivity index (χ4v) is 1.50. The predicted molar refractivity (Wildman–Crippen MR) is 61.2 cm³/mol. The minimum Gasteiger partial charge on any atom is -0.370 e. The highest BCUT2D eigenvalue weighted by molar-refractivity contribution is 4.91. The van der Waals surface area contributed by atoms with Gasteiger partial charge in [0.1, 0.15) is 12.4 Å². The fourth-order valence-electron chi connectivity index (χ4n) is 1.50. The van der Waals surface area contributed by atoms with Crippen LogP contribution in [0.15, 0.2) is 12.4 Å². The molecular formula is C11H18F3N3O. The van der Waals surface area contributed by atoms with Crippen molar-refractivity contribution in [2.45, 2.75) is 32.0 Å². The molecule has 0 aromatic carbocycles. The summed E-state index contributed by atoms with van der Waals surface area (Å²) in [5.74, 6) is 0.735.